The Morgan fingerprint density at radius 2 is 2.21 bits per heavy atom. The molecule has 6 nitrogen and oxygen atoms in total. The van der Waals surface area contributed by atoms with Crippen molar-refractivity contribution in [3.8, 4) is 0 Å². The molecule has 19 heavy (non-hydrogen) atoms. The molecule has 1 unspecified atom stereocenters. The Hall–Kier alpha value is -1.69. The molecule has 1 aliphatic rings. The average molecular weight is 263 g/mol. The lowest BCUT2D eigenvalue weighted by Gasteiger charge is -2.26. The van der Waals surface area contributed by atoms with E-state index >= 15 is 0 Å². The van der Waals surface area contributed by atoms with Crippen molar-refractivity contribution in [2.75, 3.05) is 18.5 Å². The van der Waals surface area contributed by atoms with Crippen molar-refractivity contribution >= 4 is 11.7 Å². The Morgan fingerprint density at radius 3 is 2.84 bits per heavy atom. The highest BCUT2D eigenvalue weighted by molar-refractivity contribution is 5.85. The van der Waals surface area contributed by atoms with E-state index in [9.17, 15) is 4.79 Å². The number of likely N-dealkylation sites (N-methyl/N-ethyl adjacent to an activating group) is 1. The number of anilines is 1. The summed E-state index contributed by atoms with van der Waals surface area (Å²) in [5.41, 5.74) is 8.79. The van der Waals surface area contributed by atoms with Crippen molar-refractivity contribution in [1.82, 2.24) is 15.5 Å². The lowest BCUT2D eigenvalue weighted by Crippen LogP contribution is -2.43. The smallest absolute Gasteiger partial charge is 0.242 e. The van der Waals surface area contributed by atoms with Crippen LogP contribution in [0.4, 0.5) is 5.82 Å². The number of aromatic nitrogens is 2. The lowest BCUT2D eigenvalue weighted by atomic mass is 10.1. The summed E-state index contributed by atoms with van der Waals surface area (Å²) in [4.78, 5) is 13.9. The quantitative estimate of drug-likeness (QED) is 0.817. The molecule has 0 aromatic carbocycles. The maximum absolute atomic E-state index is 11.9. The van der Waals surface area contributed by atoms with Crippen LogP contribution in [0.2, 0.25) is 0 Å². The molecule has 1 aromatic rings. The van der Waals surface area contributed by atoms with Gasteiger partial charge in [-0.05, 0) is 32.3 Å². The van der Waals surface area contributed by atoms with Gasteiger partial charge in [-0.15, -0.1) is 5.10 Å². The van der Waals surface area contributed by atoms with Gasteiger partial charge in [0.25, 0.3) is 0 Å². The van der Waals surface area contributed by atoms with Gasteiger partial charge in [0.05, 0.1) is 5.69 Å². The zero-order valence-corrected chi connectivity index (χ0v) is 11.7. The van der Waals surface area contributed by atoms with Gasteiger partial charge in [0, 0.05) is 25.7 Å². The predicted octanol–water partition coefficient (Wildman–Crippen LogP) is 0.267. The van der Waals surface area contributed by atoms with Gasteiger partial charge in [0.2, 0.25) is 5.91 Å². The Kier molecular flexibility index (Phi) is 3.99. The molecule has 0 radical (unpaired) electrons. The van der Waals surface area contributed by atoms with Crippen molar-refractivity contribution in [3.05, 3.63) is 16.8 Å². The number of aryl methyl sites for hydroxylation is 1. The second-order valence-electron chi connectivity index (χ2n) is 4.88. The van der Waals surface area contributed by atoms with E-state index in [2.05, 4.69) is 15.5 Å². The highest BCUT2D eigenvalue weighted by Gasteiger charge is 2.32. The average Bonchev–Trinajstić information content (AvgIpc) is 2.89. The molecule has 3 N–H and O–H groups in total. The van der Waals surface area contributed by atoms with Crippen LogP contribution in [0.1, 0.15) is 29.7 Å². The summed E-state index contributed by atoms with van der Waals surface area (Å²) in [6, 6.07) is -0.160. The first-order valence-corrected chi connectivity index (χ1v) is 6.61. The Balaban J connectivity index is 2.41. The summed E-state index contributed by atoms with van der Waals surface area (Å²) in [6.45, 7) is 5.16. The zero-order chi connectivity index (χ0) is 14.0. The van der Waals surface area contributed by atoms with E-state index in [0.717, 1.165) is 42.0 Å². The van der Waals surface area contributed by atoms with Crippen LogP contribution in [0, 0.1) is 13.8 Å². The van der Waals surface area contributed by atoms with Crippen LogP contribution in [0.15, 0.2) is 0 Å². The summed E-state index contributed by atoms with van der Waals surface area (Å²) >= 11 is 0. The van der Waals surface area contributed by atoms with Gasteiger partial charge in [-0.2, -0.15) is 5.10 Å². The highest BCUT2D eigenvalue weighted by Crippen LogP contribution is 2.28. The third-order valence-corrected chi connectivity index (χ3v) is 3.84. The van der Waals surface area contributed by atoms with Crippen molar-refractivity contribution in [2.24, 2.45) is 5.73 Å². The Labute approximate surface area is 113 Å². The molecule has 6 heteroatoms. The van der Waals surface area contributed by atoms with E-state index in [1.54, 1.807) is 7.05 Å². The van der Waals surface area contributed by atoms with Crippen LogP contribution < -0.4 is 16.0 Å². The van der Waals surface area contributed by atoms with Crippen molar-refractivity contribution < 1.29 is 4.79 Å². The van der Waals surface area contributed by atoms with Crippen LogP contribution in [-0.2, 0) is 11.3 Å². The van der Waals surface area contributed by atoms with Gasteiger partial charge < -0.3 is 16.0 Å². The first kappa shape index (κ1) is 13.7. The number of rotatable bonds is 3. The predicted molar refractivity (Wildman–Crippen MR) is 73.8 cm³/mol. The minimum atomic E-state index is -0.160. The molecular formula is C13H21N5O. The van der Waals surface area contributed by atoms with E-state index < -0.39 is 0 Å². The molecule has 1 amide bonds. The fourth-order valence-corrected chi connectivity index (χ4v) is 2.58. The molecule has 104 valence electrons. The molecule has 1 atom stereocenters. The fourth-order valence-electron chi connectivity index (χ4n) is 2.58. The molecule has 0 spiro atoms. The van der Waals surface area contributed by atoms with E-state index in [4.69, 9.17) is 5.73 Å². The minimum absolute atomic E-state index is 0.0282. The second kappa shape index (κ2) is 5.52. The summed E-state index contributed by atoms with van der Waals surface area (Å²) < 4.78 is 0. The Bertz CT molecular complexity index is 488. The van der Waals surface area contributed by atoms with E-state index in [-0.39, 0.29) is 11.9 Å². The molecule has 1 fully saturated rings. The minimum Gasteiger partial charge on any atom is -0.357 e. The summed E-state index contributed by atoms with van der Waals surface area (Å²) in [5, 5.41) is 11.2. The van der Waals surface area contributed by atoms with Gasteiger partial charge in [-0.3, -0.25) is 4.79 Å². The third-order valence-electron chi connectivity index (χ3n) is 3.84. The van der Waals surface area contributed by atoms with Gasteiger partial charge in [-0.25, -0.2) is 0 Å². The van der Waals surface area contributed by atoms with E-state index in [0.29, 0.717) is 6.54 Å². The largest absolute Gasteiger partial charge is 0.357 e. The SMILES string of the molecule is CNC(=O)C1CCCN1c1nnc(C)c(C)c1CN. The Morgan fingerprint density at radius 1 is 1.47 bits per heavy atom. The van der Waals surface area contributed by atoms with Gasteiger partial charge in [0.1, 0.15) is 6.04 Å². The summed E-state index contributed by atoms with van der Waals surface area (Å²) in [6.07, 6.45) is 1.83. The van der Waals surface area contributed by atoms with E-state index in [1.165, 1.54) is 0 Å². The molecule has 2 rings (SSSR count). The van der Waals surface area contributed by atoms with Crippen molar-refractivity contribution in [2.45, 2.75) is 39.3 Å². The number of carbonyl (C=O) groups excluding carboxylic acids is 1. The van der Waals surface area contributed by atoms with Gasteiger partial charge >= 0.3 is 0 Å². The molecular weight excluding hydrogens is 242 g/mol. The van der Waals surface area contributed by atoms with Gasteiger partial charge in [0.15, 0.2) is 5.82 Å². The third kappa shape index (κ3) is 2.40. The van der Waals surface area contributed by atoms with Gasteiger partial charge in [-0.1, -0.05) is 0 Å². The molecule has 0 bridgehead atoms. The van der Waals surface area contributed by atoms with Crippen LogP contribution in [0.5, 0.6) is 0 Å². The van der Waals surface area contributed by atoms with Crippen LogP contribution in [0.25, 0.3) is 0 Å². The number of amides is 1. The molecule has 0 aliphatic carbocycles. The molecule has 1 saturated heterocycles. The number of carbonyl (C=O) groups is 1. The van der Waals surface area contributed by atoms with Crippen LogP contribution in [-0.4, -0.2) is 35.7 Å². The summed E-state index contributed by atoms with van der Waals surface area (Å²) in [7, 11) is 1.66. The number of nitrogens with one attached hydrogen (secondary N) is 1. The first-order chi connectivity index (χ1) is 9.10. The highest BCUT2D eigenvalue weighted by atomic mass is 16.2. The standard InChI is InChI=1S/C13H21N5O/c1-8-9(2)16-17-12(10(8)7-14)18-6-4-5-11(18)13(19)15-3/h11H,4-7,14H2,1-3H3,(H,15,19). The number of nitrogens with two attached hydrogens (primary N) is 1. The topological polar surface area (TPSA) is 84.1 Å². The number of hydrogen-bond donors (Lipinski definition) is 2. The molecule has 1 aromatic heterocycles. The maximum atomic E-state index is 11.9. The lowest BCUT2D eigenvalue weighted by molar-refractivity contribution is -0.121. The molecule has 1 aliphatic heterocycles. The van der Waals surface area contributed by atoms with Crippen LogP contribution in [0.3, 0.4) is 0 Å². The van der Waals surface area contributed by atoms with Crippen molar-refractivity contribution in [3.63, 3.8) is 0 Å². The zero-order valence-electron chi connectivity index (χ0n) is 11.7. The number of nitrogens with zero attached hydrogens (tertiary/aromatic N) is 3. The normalized spacial score (nSPS) is 18.7. The number of hydrogen-bond acceptors (Lipinski definition) is 5. The van der Waals surface area contributed by atoms with E-state index in [1.807, 2.05) is 18.7 Å². The summed E-state index contributed by atoms with van der Waals surface area (Å²) in [5.74, 6) is 0.789. The monoisotopic (exact) mass is 263 g/mol. The molecule has 0 saturated carbocycles. The van der Waals surface area contributed by atoms with Crippen LogP contribution >= 0.6 is 0 Å². The second-order valence-corrected chi connectivity index (χ2v) is 4.88. The fraction of sp³-hybridized carbons (Fsp3) is 0.615. The van der Waals surface area contributed by atoms with Crippen molar-refractivity contribution in [1.29, 1.82) is 0 Å². The maximum Gasteiger partial charge on any atom is 0.242 e. The molecule has 2 heterocycles. The first-order valence-electron chi connectivity index (χ1n) is 6.61.